The van der Waals surface area contributed by atoms with Gasteiger partial charge in [-0.3, -0.25) is 0 Å². The molecule has 0 aromatic heterocycles. The highest BCUT2D eigenvalue weighted by molar-refractivity contribution is 5.32. The van der Waals surface area contributed by atoms with Crippen molar-refractivity contribution < 1.29 is 14.6 Å². The summed E-state index contributed by atoms with van der Waals surface area (Å²) in [6, 6.07) is 3.89. The molecule has 1 saturated heterocycles. The molecule has 0 unspecified atom stereocenters. The third-order valence-corrected chi connectivity index (χ3v) is 2.88. The van der Waals surface area contributed by atoms with Gasteiger partial charge in [0.05, 0.1) is 5.60 Å². The predicted molar refractivity (Wildman–Crippen MR) is 54.1 cm³/mol. The molecule has 3 N–H and O–H groups in total. The summed E-state index contributed by atoms with van der Waals surface area (Å²) in [4.78, 5) is 0. The molecule has 0 aliphatic carbocycles. The maximum absolute atomic E-state index is 13.5. The molecule has 3 nitrogen and oxygen atoms in total. The van der Waals surface area contributed by atoms with Crippen molar-refractivity contribution in [3.8, 4) is 5.75 Å². The number of rotatable bonds is 1. The largest absolute Gasteiger partial charge is 0.508 e. The first-order valence-electron chi connectivity index (χ1n) is 5.04. The Kier molecular flexibility index (Phi) is 2.63. The minimum Gasteiger partial charge on any atom is -0.508 e. The highest BCUT2D eigenvalue weighted by Crippen LogP contribution is 2.33. The molecule has 4 heteroatoms. The summed E-state index contributed by atoms with van der Waals surface area (Å²) in [7, 11) is 0. The lowest BCUT2D eigenvalue weighted by atomic mass is 9.85. The van der Waals surface area contributed by atoms with Crippen LogP contribution in [0.1, 0.15) is 18.4 Å². The molecular formula is C11H14FNO2. The summed E-state index contributed by atoms with van der Waals surface area (Å²) in [6.45, 7) is 1.35. The van der Waals surface area contributed by atoms with Gasteiger partial charge in [-0.2, -0.15) is 0 Å². The van der Waals surface area contributed by atoms with E-state index in [9.17, 15) is 9.50 Å². The van der Waals surface area contributed by atoms with Crippen LogP contribution in [0.3, 0.4) is 0 Å². The summed E-state index contributed by atoms with van der Waals surface area (Å²) < 4.78 is 13.5. The molecule has 0 radical (unpaired) electrons. The maximum Gasteiger partial charge on any atom is 0.132 e. The second kappa shape index (κ2) is 3.79. The Balaban J connectivity index is 2.35. The molecule has 1 heterocycles. The van der Waals surface area contributed by atoms with Crippen LogP contribution < -0.4 is 5.32 Å². The van der Waals surface area contributed by atoms with Gasteiger partial charge in [0.2, 0.25) is 0 Å². The monoisotopic (exact) mass is 211 g/mol. The third kappa shape index (κ3) is 1.96. The summed E-state index contributed by atoms with van der Waals surface area (Å²) in [5, 5.41) is 22.4. The van der Waals surface area contributed by atoms with Crippen molar-refractivity contribution in [3.63, 3.8) is 0 Å². The topological polar surface area (TPSA) is 52.5 Å². The van der Waals surface area contributed by atoms with E-state index in [1.165, 1.54) is 12.1 Å². The maximum atomic E-state index is 13.5. The number of halogens is 1. The molecule has 0 bridgehead atoms. The minimum atomic E-state index is -1.09. The van der Waals surface area contributed by atoms with Gasteiger partial charge in [0, 0.05) is 11.6 Å². The van der Waals surface area contributed by atoms with Crippen LogP contribution in [0.15, 0.2) is 18.2 Å². The van der Waals surface area contributed by atoms with E-state index in [0.29, 0.717) is 25.9 Å². The quantitative estimate of drug-likeness (QED) is 0.652. The smallest absolute Gasteiger partial charge is 0.132 e. The SMILES string of the molecule is Oc1ccc(C2(O)CCNCC2)c(F)c1. The van der Waals surface area contributed by atoms with Crippen LogP contribution in [0.2, 0.25) is 0 Å². The lowest BCUT2D eigenvalue weighted by molar-refractivity contribution is 0.00272. The van der Waals surface area contributed by atoms with E-state index in [1.807, 2.05) is 0 Å². The number of piperidine rings is 1. The predicted octanol–water partition coefficient (Wildman–Crippen LogP) is 1.10. The first-order chi connectivity index (χ1) is 7.12. The molecule has 1 aliphatic heterocycles. The number of aromatic hydroxyl groups is 1. The Bertz CT molecular complexity index is 362. The van der Waals surface area contributed by atoms with Crippen LogP contribution >= 0.6 is 0 Å². The second-order valence-corrected chi connectivity index (χ2v) is 3.95. The highest BCUT2D eigenvalue weighted by Gasteiger charge is 2.33. The number of aliphatic hydroxyl groups is 1. The Hall–Kier alpha value is -1.13. The second-order valence-electron chi connectivity index (χ2n) is 3.95. The molecule has 1 fully saturated rings. The fourth-order valence-corrected chi connectivity index (χ4v) is 1.99. The number of nitrogens with one attached hydrogen (secondary N) is 1. The minimum absolute atomic E-state index is 0.117. The molecule has 1 aromatic rings. The molecule has 0 amide bonds. The first kappa shape index (κ1) is 10.4. The van der Waals surface area contributed by atoms with Crippen molar-refractivity contribution in [3.05, 3.63) is 29.6 Å². The van der Waals surface area contributed by atoms with E-state index >= 15 is 0 Å². The Morgan fingerprint density at radius 3 is 2.53 bits per heavy atom. The zero-order valence-electron chi connectivity index (χ0n) is 8.33. The van der Waals surface area contributed by atoms with E-state index in [2.05, 4.69) is 5.32 Å². The van der Waals surface area contributed by atoms with Crippen molar-refractivity contribution in [2.24, 2.45) is 0 Å². The first-order valence-corrected chi connectivity index (χ1v) is 5.04. The van der Waals surface area contributed by atoms with Crippen LogP contribution in [0, 0.1) is 5.82 Å². The van der Waals surface area contributed by atoms with Crippen molar-refractivity contribution in [1.82, 2.24) is 5.32 Å². The Morgan fingerprint density at radius 1 is 1.27 bits per heavy atom. The zero-order chi connectivity index (χ0) is 10.9. The molecule has 0 atom stereocenters. The van der Waals surface area contributed by atoms with E-state index in [0.717, 1.165) is 6.07 Å². The summed E-state index contributed by atoms with van der Waals surface area (Å²) in [6.07, 6.45) is 0.989. The van der Waals surface area contributed by atoms with Gasteiger partial charge in [-0.15, -0.1) is 0 Å². The summed E-state index contributed by atoms with van der Waals surface area (Å²) >= 11 is 0. The average molecular weight is 211 g/mol. The van der Waals surface area contributed by atoms with Gasteiger partial charge in [0.25, 0.3) is 0 Å². The molecule has 15 heavy (non-hydrogen) atoms. The van der Waals surface area contributed by atoms with Gasteiger partial charge < -0.3 is 15.5 Å². The van der Waals surface area contributed by atoms with Crippen molar-refractivity contribution in [2.75, 3.05) is 13.1 Å². The lowest BCUT2D eigenvalue weighted by Gasteiger charge is -2.33. The number of benzene rings is 1. The van der Waals surface area contributed by atoms with Gasteiger partial charge >= 0.3 is 0 Å². The lowest BCUT2D eigenvalue weighted by Crippen LogP contribution is -2.40. The van der Waals surface area contributed by atoms with E-state index in [-0.39, 0.29) is 11.3 Å². The van der Waals surface area contributed by atoms with Crippen LogP contribution in [0.25, 0.3) is 0 Å². The number of phenolic OH excluding ortho intramolecular Hbond substituents is 1. The zero-order valence-corrected chi connectivity index (χ0v) is 8.33. The molecule has 0 saturated carbocycles. The van der Waals surface area contributed by atoms with Crippen molar-refractivity contribution in [1.29, 1.82) is 0 Å². The van der Waals surface area contributed by atoms with E-state index in [1.54, 1.807) is 0 Å². The molecule has 1 aliphatic rings. The fraction of sp³-hybridized carbons (Fsp3) is 0.455. The van der Waals surface area contributed by atoms with Gasteiger partial charge in [0.1, 0.15) is 11.6 Å². The highest BCUT2D eigenvalue weighted by atomic mass is 19.1. The molecule has 82 valence electrons. The number of hydrogen-bond acceptors (Lipinski definition) is 3. The van der Waals surface area contributed by atoms with Crippen LogP contribution in [0.4, 0.5) is 4.39 Å². The van der Waals surface area contributed by atoms with Gasteiger partial charge in [-0.1, -0.05) is 0 Å². The van der Waals surface area contributed by atoms with Crippen molar-refractivity contribution in [2.45, 2.75) is 18.4 Å². The number of phenols is 1. The molecular weight excluding hydrogens is 197 g/mol. The standard InChI is InChI=1S/C11H14FNO2/c12-10-7-8(14)1-2-9(10)11(15)3-5-13-6-4-11/h1-2,7,13-15H,3-6H2. The summed E-state index contributed by atoms with van der Waals surface area (Å²) in [5.74, 6) is -0.659. The molecule has 2 rings (SSSR count). The van der Waals surface area contributed by atoms with Crippen molar-refractivity contribution >= 4 is 0 Å². The fourth-order valence-electron chi connectivity index (χ4n) is 1.99. The van der Waals surface area contributed by atoms with Gasteiger partial charge in [-0.05, 0) is 38.1 Å². The van der Waals surface area contributed by atoms with E-state index in [4.69, 9.17) is 5.11 Å². The molecule has 1 aromatic carbocycles. The van der Waals surface area contributed by atoms with Crippen LogP contribution in [-0.4, -0.2) is 23.3 Å². The van der Waals surface area contributed by atoms with Crippen LogP contribution in [0.5, 0.6) is 5.75 Å². The third-order valence-electron chi connectivity index (χ3n) is 2.88. The number of hydrogen-bond donors (Lipinski definition) is 3. The van der Waals surface area contributed by atoms with E-state index < -0.39 is 11.4 Å². The molecule has 0 spiro atoms. The van der Waals surface area contributed by atoms with Gasteiger partial charge in [-0.25, -0.2) is 4.39 Å². The van der Waals surface area contributed by atoms with Gasteiger partial charge in [0.15, 0.2) is 0 Å². The summed E-state index contributed by atoms with van der Waals surface area (Å²) in [5.41, 5.74) is -0.815. The Morgan fingerprint density at radius 2 is 1.93 bits per heavy atom. The van der Waals surface area contributed by atoms with Crippen LogP contribution in [-0.2, 0) is 5.60 Å². The average Bonchev–Trinajstić information content (AvgIpc) is 2.18. The normalized spacial score (nSPS) is 20.1. The Labute approximate surface area is 87.6 Å².